The Kier molecular flexibility index (Phi) is 4.47. The second kappa shape index (κ2) is 6.20. The van der Waals surface area contributed by atoms with Gasteiger partial charge in [-0.1, -0.05) is 13.8 Å². The van der Waals surface area contributed by atoms with E-state index in [1.54, 1.807) is 0 Å². The number of hydrogen-bond donors (Lipinski definition) is 2. The summed E-state index contributed by atoms with van der Waals surface area (Å²) in [5.74, 6) is 2.46. The maximum absolute atomic E-state index is 11.4. The lowest BCUT2D eigenvalue weighted by Crippen LogP contribution is -2.57. The maximum atomic E-state index is 11.4. The van der Waals surface area contributed by atoms with Crippen molar-refractivity contribution in [1.82, 2.24) is 0 Å². The molecule has 3 unspecified atom stereocenters. The molecule has 4 rings (SSSR count). The number of ether oxygens (including phenoxy) is 1. The number of fused-ring (bicyclic) bond motifs is 5. The van der Waals surface area contributed by atoms with Crippen LogP contribution in [0.1, 0.15) is 78.6 Å². The Balaban J connectivity index is 1.55. The smallest absolute Gasteiger partial charge is 0.302 e. The predicted octanol–water partition coefficient (Wildman–Crippen LogP) is 3.68. The summed E-state index contributed by atoms with van der Waals surface area (Å²) in [7, 11) is 0. The quantitative estimate of drug-likeness (QED) is 0.734. The largest absolute Gasteiger partial charge is 0.463 e. The summed E-state index contributed by atoms with van der Waals surface area (Å²) in [5.41, 5.74) is -0.657. The van der Waals surface area contributed by atoms with Gasteiger partial charge in [0.2, 0.25) is 0 Å². The topological polar surface area (TPSA) is 66.8 Å². The van der Waals surface area contributed by atoms with Crippen LogP contribution in [0.3, 0.4) is 0 Å². The number of aliphatic hydroxyl groups is 2. The molecule has 4 fully saturated rings. The van der Waals surface area contributed by atoms with Crippen LogP contribution in [-0.2, 0) is 9.53 Å². The highest BCUT2D eigenvalue weighted by Crippen LogP contribution is 2.68. The molecule has 148 valence electrons. The van der Waals surface area contributed by atoms with Gasteiger partial charge < -0.3 is 14.9 Å². The van der Waals surface area contributed by atoms with E-state index in [0.29, 0.717) is 23.2 Å². The van der Waals surface area contributed by atoms with Crippen molar-refractivity contribution in [2.45, 2.75) is 90.3 Å². The van der Waals surface area contributed by atoms with E-state index in [4.69, 9.17) is 4.74 Å². The molecule has 8 atom stereocenters. The summed E-state index contributed by atoms with van der Waals surface area (Å²) in [6.45, 7) is 6.16. The fourth-order valence-corrected chi connectivity index (χ4v) is 7.93. The molecule has 4 aliphatic carbocycles. The zero-order chi connectivity index (χ0) is 18.7. The van der Waals surface area contributed by atoms with Crippen LogP contribution in [0.25, 0.3) is 0 Å². The molecular formula is C22H36O4. The number of esters is 1. The Bertz CT molecular complexity index is 576. The summed E-state index contributed by atoms with van der Waals surface area (Å²) in [5, 5.41) is 20.9. The van der Waals surface area contributed by atoms with Crippen molar-refractivity contribution in [3.05, 3.63) is 0 Å². The van der Waals surface area contributed by atoms with Gasteiger partial charge in [-0.05, 0) is 86.9 Å². The van der Waals surface area contributed by atoms with Crippen LogP contribution in [0.4, 0.5) is 0 Å². The number of hydrogen-bond acceptors (Lipinski definition) is 4. The lowest BCUT2D eigenvalue weighted by molar-refractivity contribution is -0.175. The van der Waals surface area contributed by atoms with Crippen molar-refractivity contribution in [1.29, 1.82) is 0 Å². The van der Waals surface area contributed by atoms with Crippen molar-refractivity contribution in [3.8, 4) is 0 Å². The Morgan fingerprint density at radius 3 is 2.46 bits per heavy atom. The lowest BCUT2D eigenvalue weighted by Gasteiger charge is -2.61. The van der Waals surface area contributed by atoms with Crippen LogP contribution in [0.15, 0.2) is 0 Å². The molecule has 0 spiro atoms. The minimum atomic E-state index is -0.882. The fraction of sp³-hybridized carbons (Fsp3) is 0.955. The minimum Gasteiger partial charge on any atom is -0.463 e. The van der Waals surface area contributed by atoms with Crippen LogP contribution in [0, 0.1) is 34.5 Å². The van der Waals surface area contributed by atoms with E-state index in [1.807, 2.05) is 0 Å². The first kappa shape index (κ1) is 18.7. The van der Waals surface area contributed by atoms with Crippen LogP contribution in [0.2, 0.25) is 0 Å². The van der Waals surface area contributed by atoms with Crippen LogP contribution < -0.4 is 0 Å². The van der Waals surface area contributed by atoms with E-state index in [1.165, 1.54) is 26.2 Å². The van der Waals surface area contributed by atoms with Crippen molar-refractivity contribution in [2.24, 2.45) is 34.5 Å². The summed E-state index contributed by atoms with van der Waals surface area (Å²) in [4.78, 5) is 11.4. The zero-order valence-corrected chi connectivity index (χ0v) is 16.7. The van der Waals surface area contributed by atoms with E-state index in [-0.39, 0.29) is 24.1 Å². The highest BCUT2D eigenvalue weighted by molar-refractivity contribution is 5.66. The van der Waals surface area contributed by atoms with Crippen molar-refractivity contribution < 1.29 is 19.7 Å². The van der Waals surface area contributed by atoms with Crippen molar-refractivity contribution in [2.75, 3.05) is 6.61 Å². The molecule has 26 heavy (non-hydrogen) atoms. The van der Waals surface area contributed by atoms with Gasteiger partial charge in [-0.15, -0.1) is 0 Å². The molecule has 0 aromatic carbocycles. The van der Waals surface area contributed by atoms with Gasteiger partial charge in [-0.25, -0.2) is 0 Å². The fourth-order valence-electron chi connectivity index (χ4n) is 7.93. The second-order valence-corrected chi connectivity index (χ2v) is 10.3. The minimum absolute atomic E-state index is 0.0959. The third kappa shape index (κ3) is 2.51. The Morgan fingerprint density at radius 2 is 1.77 bits per heavy atom. The highest BCUT2D eigenvalue weighted by Gasteiger charge is 2.64. The van der Waals surface area contributed by atoms with E-state index in [2.05, 4.69) is 13.8 Å². The zero-order valence-electron chi connectivity index (χ0n) is 16.7. The average Bonchev–Trinajstić information content (AvgIpc) is 2.87. The molecule has 4 heteroatoms. The molecule has 4 aliphatic rings. The Hall–Kier alpha value is -0.610. The van der Waals surface area contributed by atoms with Gasteiger partial charge in [0.05, 0.1) is 12.2 Å². The number of carbonyl (C=O) groups is 1. The van der Waals surface area contributed by atoms with Crippen molar-refractivity contribution in [3.63, 3.8) is 0 Å². The monoisotopic (exact) mass is 364 g/mol. The third-order valence-corrected chi connectivity index (χ3v) is 9.53. The van der Waals surface area contributed by atoms with Gasteiger partial charge in [0, 0.05) is 12.3 Å². The first-order valence-electron chi connectivity index (χ1n) is 10.7. The predicted molar refractivity (Wildman–Crippen MR) is 99.3 cm³/mol. The van der Waals surface area contributed by atoms with Crippen LogP contribution in [0.5, 0.6) is 0 Å². The third-order valence-electron chi connectivity index (χ3n) is 9.53. The number of aliphatic hydroxyl groups excluding tert-OH is 1. The molecule has 0 bridgehead atoms. The summed E-state index contributed by atoms with van der Waals surface area (Å²) in [6.07, 6.45) is 9.77. The standard InChI is InChI=1S/C22H36O4/c1-14(24)26-16-6-9-20(2)15(12-16)4-5-17-18(20)7-10-21(3)19(17)8-11-22(21,25)13-23/h15-19,23,25H,4-13H2,1-3H3/t15-,16-,17?,18?,19?,20+,21+,22+/m1/s1. The maximum Gasteiger partial charge on any atom is 0.302 e. The van der Waals surface area contributed by atoms with E-state index in [0.717, 1.165) is 44.4 Å². The number of rotatable bonds is 2. The molecule has 0 amide bonds. The molecule has 0 radical (unpaired) electrons. The molecule has 0 aromatic rings. The molecule has 4 saturated carbocycles. The van der Waals surface area contributed by atoms with E-state index < -0.39 is 5.60 Å². The molecular weight excluding hydrogens is 328 g/mol. The highest BCUT2D eigenvalue weighted by atomic mass is 16.5. The molecule has 4 nitrogen and oxygen atoms in total. The average molecular weight is 365 g/mol. The van der Waals surface area contributed by atoms with E-state index in [9.17, 15) is 15.0 Å². The van der Waals surface area contributed by atoms with Gasteiger partial charge in [0.15, 0.2) is 0 Å². The number of carbonyl (C=O) groups excluding carboxylic acids is 1. The molecule has 0 saturated heterocycles. The van der Waals surface area contributed by atoms with Gasteiger partial charge in [0.1, 0.15) is 6.10 Å². The molecule has 2 N–H and O–H groups in total. The normalized spacial score (nSPS) is 53.3. The second-order valence-electron chi connectivity index (χ2n) is 10.3. The van der Waals surface area contributed by atoms with Gasteiger partial charge >= 0.3 is 5.97 Å². The summed E-state index contributed by atoms with van der Waals surface area (Å²) >= 11 is 0. The van der Waals surface area contributed by atoms with E-state index >= 15 is 0 Å². The van der Waals surface area contributed by atoms with Gasteiger partial charge in [0.25, 0.3) is 0 Å². The van der Waals surface area contributed by atoms with Crippen molar-refractivity contribution >= 4 is 5.97 Å². The molecule has 0 aromatic heterocycles. The lowest BCUT2D eigenvalue weighted by atomic mass is 9.44. The Labute approximate surface area is 157 Å². The van der Waals surface area contributed by atoms with Crippen LogP contribution >= 0.6 is 0 Å². The van der Waals surface area contributed by atoms with Gasteiger partial charge in [-0.2, -0.15) is 0 Å². The van der Waals surface area contributed by atoms with Crippen LogP contribution in [-0.4, -0.2) is 34.5 Å². The summed E-state index contributed by atoms with van der Waals surface area (Å²) < 4.78 is 5.55. The Morgan fingerprint density at radius 1 is 1.04 bits per heavy atom. The molecule has 0 aliphatic heterocycles. The summed E-state index contributed by atoms with van der Waals surface area (Å²) in [6, 6.07) is 0. The first-order chi connectivity index (χ1) is 12.2. The SMILES string of the molecule is CC(=O)O[C@@H]1CC[C@]2(C)C3CC[C@@]4(C)C(CC[C@]4(O)CO)C3CC[C@@H]2C1. The first-order valence-corrected chi connectivity index (χ1v) is 10.7. The van der Waals surface area contributed by atoms with Gasteiger partial charge in [-0.3, -0.25) is 4.79 Å². The molecule has 0 heterocycles.